The Morgan fingerprint density at radius 3 is 2.38 bits per heavy atom. The van der Waals surface area contributed by atoms with E-state index in [0.29, 0.717) is 33.0 Å². The van der Waals surface area contributed by atoms with Gasteiger partial charge >= 0.3 is 5.97 Å². The number of fused-ring (bicyclic) bond motifs is 1. The zero-order valence-electron chi connectivity index (χ0n) is 21.7. The third-order valence-corrected chi connectivity index (χ3v) is 7.30. The Hall–Kier alpha value is -4.49. The van der Waals surface area contributed by atoms with Gasteiger partial charge in [0.15, 0.2) is 4.80 Å². The largest absolute Gasteiger partial charge is 0.494 e. The van der Waals surface area contributed by atoms with Crippen LogP contribution in [0.1, 0.15) is 36.6 Å². The fraction of sp³-hybridized carbons (Fsp3) is 0.156. The molecule has 0 fully saturated rings. The number of aromatic nitrogens is 1. The molecule has 1 unspecified atom stereocenters. The SMILES string of the molecule is CCOc1ccc(C2C(C(=O)OCc3ccccc3)=C(C)N=c3s/c(=C\C=C\c4ccccc4)c(=O)n32)cc1. The van der Waals surface area contributed by atoms with Crippen molar-refractivity contribution in [2.24, 2.45) is 4.99 Å². The maximum absolute atomic E-state index is 13.7. The number of hydrogen-bond acceptors (Lipinski definition) is 6. The number of esters is 1. The maximum atomic E-state index is 13.7. The summed E-state index contributed by atoms with van der Waals surface area (Å²) in [6, 6.07) is 26.2. The fourth-order valence-electron chi connectivity index (χ4n) is 4.44. The van der Waals surface area contributed by atoms with Crippen molar-refractivity contribution in [3.05, 3.63) is 139 Å². The van der Waals surface area contributed by atoms with Gasteiger partial charge in [0.2, 0.25) is 0 Å². The minimum atomic E-state index is -0.680. The molecule has 2 heterocycles. The predicted molar refractivity (Wildman–Crippen MR) is 154 cm³/mol. The Balaban J connectivity index is 1.55. The van der Waals surface area contributed by atoms with Gasteiger partial charge in [-0.25, -0.2) is 9.79 Å². The van der Waals surface area contributed by atoms with E-state index in [1.54, 1.807) is 17.6 Å². The van der Waals surface area contributed by atoms with Crippen molar-refractivity contribution in [3.8, 4) is 5.75 Å². The first-order chi connectivity index (χ1) is 19.0. The standard InChI is InChI=1S/C32H28N2O4S/c1-3-37-26-19-17-25(18-20-26)29-28(31(36)38-21-24-13-8-5-9-14-24)22(2)33-32-34(29)30(35)27(39-32)16-10-15-23-11-6-4-7-12-23/h4-20,29H,3,21H2,1-2H3/b15-10+,27-16-. The summed E-state index contributed by atoms with van der Waals surface area (Å²) >= 11 is 1.30. The summed E-state index contributed by atoms with van der Waals surface area (Å²) in [6.45, 7) is 4.38. The summed E-state index contributed by atoms with van der Waals surface area (Å²) in [5.74, 6) is 0.214. The van der Waals surface area contributed by atoms with Crippen molar-refractivity contribution >= 4 is 29.5 Å². The van der Waals surface area contributed by atoms with Crippen LogP contribution >= 0.6 is 11.3 Å². The first kappa shape index (κ1) is 26.1. The van der Waals surface area contributed by atoms with E-state index >= 15 is 0 Å². The highest BCUT2D eigenvalue weighted by Gasteiger charge is 2.33. The lowest BCUT2D eigenvalue weighted by molar-refractivity contribution is -0.140. The Labute approximate surface area is 230 Å². The number of ether oxygens (including phenoxy) is 2. The number of carbonyl (C=O) groups excluding carboxylic acids is 1. The number of hydrogen-bond donors (Lipinski definition) is 0. The van der Waals surface area contributed by atoms with Crippen LogP contribution in [0.5, 0.6) is 5.75 Å². The summed E-state index contributed by atoms with van der Waals surface area (Å²) in [7, 11) is 0. The molecule has 1 aliphatic rings. The first-order valence-corrected chi connectivity index (χ1v) is 13.5. The number of benzene rings is 3. The third kappa shape index (κ3) is 5.84. The minimum absolute atomic E-state index is 0.126. The average molecular weight is 537 g/mol. The summed E-state index contributed by atoms with van der Waals surface area (Å²) in [5.41, 5.74) is 3.34. The Bertz CT molecular complexity index is 1700. The number of carbonyl (C=O) groups is 1. The molecule has 3 aromatic carbocycles. The molecule has 1 aromatic heterocycles. The molecule has 0 N–H and O–H groups in total. The number of nitrogens with zero attached hydrogens (tertiary/aromatic N) is 2. The molecule has 1 atom stereocenters. The average Bonchev–Trinajstić information content (AvgIpc) is 3.27. The summed E-state index contributed by atoms with van der Waals surface area (Å²) in [5, 5.41) is 0. The lowest BCUT2D eigenvalue weighted by atomic mass is 9.96. The van der Waals surface area contributed by atoms with Crippen molar-refractivity contribution in [2.45, 2.75) is 26.5 Å². The van der Waals surface area contributed by atoms with E-state index in [-0.39, 0.29) is 12.2 Å². The Morgan fingerprint density at radius 1 is 1.00 bits per heavy atom. The van der Waals surface area contributed by atoms with Crippen molar-refractivity contribution < 1.29 is 14.3 Å². The van der Waals surface area contributed by atoms with Crippen LogP contribution in [0.4, 0.5) is 0 Å². The number of rotatable bonds is 8. The van der Waals surface area contributed by atoms with Crippen LogP contribution in [-0.4, -0.2) is 17.1 Å². The van der Waals surface area contributed by atoms with E-state index < -0.39 is 12.0 Å². The Morgan fingerprint density at radius 2 is 1.69 bits per heavy atom. The van der Waals surface area contributed by atoms with Gasteiger partial charge in [-0.05, 0) is 48.7 Å². The molecule has 4 aromatic rings. The van der Waals surface area contributed by atoms with Gasteiger partial charge < -0.3 is 9.47 Å². The normalized spacial score (nSPS) is 15.2. The number of allylic oxidation sites excluding steroid dienone is 2. The van der Waals surface area contributed by atoms with E-state index in [1.165, 1.54) is 11.3 Å². The highest BCUT2D eigenvalue weighted by molar-refractivity contribution is 7.07. The zero-order chi connectivity index (χ0) is 27.2. The Kier molecular flexibility index (Phi) is 7.99. The van der Waals surface area contributed by atoms with Crippen molar-refractivity contribution in [1.82, 2.24) is 4.57 Å². The summed E-state index contributed by atoms with van der Waals surface area (Å²) in [6.07, 6.45) is 5.59. The van der Waals surface area contributed by atoms with Crippen LogP contribution in [0.3, 0.4) is 0 Å². The smallest absolute Gasteiger partial charge is 0.338 e. The minimum Gasteiger partial charge on any atom is -0.494 e. The third-order valence-electron chi connectivity index (χ3n) is 6.30. The van der Waals surface area contributed by atoms with Crippen LogP contribution < -0.4 is 19.6 Å². The molecule has 0 bridgehead atoms. The molecule has 1 aliphatic heterocycles. The molecular weight excluding hydrogens is 508 g/mol. The van der Waals surface area contributed by atoms with Gasteiger partial charge in [-0.2, -0.15) is 0 Å². The lowest BCUT2D eigenvalue weighted by Gasteiger charge is -2.25. The van der Waals surface area contributed by atoms with Gasteiger partial charge in [-0.15, -0.1) is 0 Å². The molecule has 0 amide bonds. The van der Waals surface area contributed by atoms with E-state index in [2.05, 4.69) is 4.99 Å². The van der Waals surface area contributed by atoms with Crippen molar-refractivity contribution in [2.75, 3.05) is 6.61 Å². The van der Waals surface area contributed by atoms with Crippen LogP contribution in [0.2, 0.25) is 0 Å². The predicted octanol–water partition coefficient (Wildman–Crippen LogP) is 5.04. The van der Waals surface area contributed by atoms with Crippen molar-refractivity contribution in [1.29, 1.82) is 0 Å². The quantitative estimate of drug-likeness (QED) is 0.296. The van der Waals surface area contributed by atoms with E-state index in [1.807, 2.05) is 104 Å². The fourth-order valence-corrected chi connectivity index (χ4v) is 5.44. The highest BCUT2D eigenvalue weighted by Crippen LogP contribution is 2.32. The van der Waals surface area contributed by atoms with Crippen LogP contribution in [0.15, 0.2) is 112 Å². The van der Waals surface area contributed by atoms with Gasteiger partial charge in [0.1, 0.15) is 12.4 Å². The molecule has 0 aliphatic carbocycles. The van der Waals surface area contributed by atoms with Gasteiger partial charge in [0.25, 0.3) is 5.56 Å². The second kappa shape index (κ2) is 11.9. The van der Waals surface area contributed by atoms with E-state index in [9.17, 15) is 9.59 Å². The second-order valence-corrected chi connectivity index (χ2v) is 9.95. The number of thiazole rings is 1. The van der Waals surface area contributed by atoms with Crippen LogP contribution in [0, 0.1) is 0 Å². The molecule has 0 spiro atoms. The molecule has 7 heteroatoms. The molecule has 196 valence electrons. The zero-order valence-corrected chi connectivity index (χ0v) is 22.6. The molecule has 5 rings (SSSR count). The molecule has 0 radical (unpaired) electrons. The highest BCUT2D eigenvalue weighted by atomic mass is 32.1. The van der Waals surface area contributed by atoms with Crippen LogP contribution in [-0.2, 0) is 16.1 Å². The van der Waals surface area contributed by atoms with Gasteiger partial charge in [0.05, 0.1) is 28.5 Å². The molecule has 39 heavy (non-hydrogen) atoms. The first-order valence-electron chi connectivity index (χ1n) is 12.7. The van der Waals surface area contributed by atoms with Gasteiger partial charge in [-0.3, -0.25) is 9.36 Å². The monoisotopic (exact) mass is 536 g/mol. The van der Waals surface area contributed by atoms with Crippen molar-refractivity contribution in [3.63, 3.8) is 0 Å². The molecule has 0 saturated carbocycles. The summed E-state index contributed by atoms with van der Waals surface area (Å²) < 4.78 is 13.4. The van der Waals surface area contributed by atoms with Gasteiger partial charge in [-0.1, -0.05) is 96.3 Å². The molecular formula is C32H28N2O4S. The topological polar surface area (TPSA) is 69.9 Å². The maximum Gasteiger partial charge on any atom is 0.338 e. The van der Waals surface area contributed by atoms with E-state index in [0.717, 1.165) is 16.7 Å². The van der Waals surface area contributed by atoms with Crippen LogP contribution in [0.25, 0.3) is 12.2 Å². The van der Waals surface area contributed by atoms with E-state index in [4.69, 9.17) is 9.47 Å². The molecule has 6 nitrogen and oxygen atoms in total. The van der Waals surface area contributed by atoms with Gasteiger partial charge in [0, 0.05) is 0 Å². The second-order valence-electron chi connectivity index (χ2n) is 8.94. The lowest BCUT2D eigenvalue weighted by Crippen LogP contribution is -2.39. The molecule has 0 saturated heterocycles. The summed E-state index contributed by atoms with van der Waals surface area (Å²) in [4.78, 5) is 32.4.